The first-order valence-electron chi connectivity index (χ1n) is 6.12. The van der Waals surface area contributed by atoms with Crippen LogP contribution in [0.25, 0.3) is 0 Å². The molecular formula is C14H22ClNO2. The Balaban J connectivity index is 2.51. The molecule has 0 radical (unpaired) electrons. The molecule has 0 heterocycles. The topological polar surface area (TPSA) is 43.7 Å². The zero-order chi connectivity index (χ0) is 13.8. The maximum absolute atomic E-state index is 10.1. The molecule has 0 saturated carbocycles. The molecule has 4 heteroatoms. The molecule has 102 valence electrons. The summed E-state index contributed by atoms with van der Waals surface area (Å²) in [6.45, 7) is 4.77. The number of benzene rings is 1. The molecule has 0 aliphatic carbocycles. The Morgan fingerprint density at radius 3 is 2.33 bits per heavy atom. The number of aliphatic hydroxyl groups excluding tert-OH is 2. The van der Waals surface area contributed by atoms with Crippen LogP contribution in [0.15, 0.2) is 24.3 Å². The Morgan fingerprint density at radius 1 is 1.28 bits per heavy atom. The van der Waals surface area contributed by atoms with Gasteiger partial charge in [-0.25, -0.2) is 0 Å². The molecule has 0 spiro atoms. The highest BCUT2D eigenvalue weighted by molar-refractivity contribution is 6.30. The summed E-state index contributed by atoms with van der Waals surface area (Å²) in [5.41, 5.74) is 0.606. The van der Waals surface area contributed by atoms with Gasteiger partial charge in [-0.05, 0) is 45.0 Å². The van der Waals surface area contributed by atoms with E-state index in [9.17, 15) is 10.2 Å². The lowest BCUT2D eigenvalue weighted by Gasteiger charge is -2.34. The SMILES string of the molecule is CN(CCC(O)c1ccc(Cl)cc1)C(C)(C)CO. The van der Waals surface area contributed by atoms with Crippen LogP contribution < -0.4 is 0 Å². The average molecular weight is 272 g/mol. The van der Waals surface area contributed by atoms with Gasteiger partial charge in [0.15, 0.2) is 0 Å². The summed E-state index contributed by atoms with van der Waals surface area (Å²) in [4.78, 5) is 2.05. The summed E-state index contributed by atoms with van der Waals surface area (Å²) < 4.78 is 0. The van der Waals surface area contributed by atoms with Crippen LogP contribution in [0.5, 0.6) is 0 Å². The monoisotopic (exact) mass is 271 g/mol. The standard InChI is InChI=1S/C14H22ClNO2/c1-14(2,10-17)16(3)9-8-13(18)11-4-6-12(15)7-5-11/h4-7,13,17-18H,8-10H2,1-3H3. The van der Waals surface area contributed by atoms with E-state index in [0.29, 0.717) is 11.4 Å². The Morgan fingerprint density at radius 2 is 1.83 bits per heavy atom. The first kappa shape index (κ1) is 15.4. The van der Waals surface area contributed by atoms with Crippen molar-refractivity contribution in [2.75, 3.05) is 20.2 Å². The molecule has 1 aromatic rings. The molecule has 1 unspecified atom stereocenters. The van der Waals surface area contributed by atoms with E-state index in [-0.39, 0.29) is 12.1 Å². The van der Waals surface area contributed by atoms with E-state index in [1.807, 2.05) is 37.9 Å². The summed E-state index contributed by atoms with van der Waals surface area (Å²) in [5.74, 6) is 0. The number of hydrogen-bond acceptors (Lipinski definition) is 3. The van der Waals surface area contributed by atoms with E-state index in [1.165, 1.54) is 0 Å². The Hall–Kier alpha value is -0.610. The van der Waals surface area contributed by atoms with Crippen molar-refractivity contribution < 1.29 is 10.2 Å². The minimum Gasteiger partial charge on any atom is -0.394 e. The fourth-order valence-corrected chi connectivity index (χ4v) is 1.72. The van der Waals surface area contributed by atoms with E-state index < -0.39 is 6.10 Å². The predicted molar refractivity (Wildman–Crippen MR) is 74.8 cm³/mol. The average Bonchev–Trinajstić information content (AvgIpc) is 2.36. The van der Waals surface area contributed by atoms with Crippen molar-refractivity contribution in [1.82, 2.24) is 4.90 Å². The van der Waals surface area contributed by atoms with E-state index in [0.717, 1.165) is 12.1 Å². The molecule has 0 bridgehead atoms. The van der Waals surface area contributed by atoms with Gasteiger partial charge in [0.2, 0.25) is 0 Å². The quantitative estimate of drug-likeness (QED) is 0.835. The fourth-order valence-electron chi connectivity index (χ4n) is 1.59. The van der Waals surface area contributed by atoms with E-state index in [4.69, 9.17) is 11.6 Å². The smallest absolute Gasteiger partial charge is 0.0802 e. The van der Waals surface area contributed by atoms with E-state index >= 15 is 0 Å². The van der Waals surface area contributed by atoms with Gasteiger partial charge in [-0.1, -0.05) is 23.7 Å². The third-order valence-corrected chi connectivity index (χ3v) is 3.66. The zero-order valence-electron chi connectivity index (χ0n) is 11.2. The molecule has 0 aliphatic heterocycles. The van der Waals surface area contributed by atoms with E-state index in [2.05, 4.69) is 0 Å². The first-order valence-corrected chi connectivity index (χ1v) is 6.50. The van der Waals surface area contributed by atoms with Gasteiger partial charge in [0, 0.05) is 17.1 Å². The molecule has 1 aromatic carbocycles. The largest absolute Gasteiger partial charge is 0.394 e. The van der Waals surface area contributed by atoms with Gasteiger partial charge < -0.3 is 10.2 Å². The van der Waals surface area contributed by atoms with Crippen LogP contribution in [0.3, 0.4) is 0 Å². The summed E-state index contributed by atoms with van der Waals surface area (Å²) in [6.07, 6.45) is 0.126. The van der Waals surface area contributed by atoms with Crippen molar-refractivity contribution >= 4 is 11.6 Å². The Labute approximate surface area is 114 Å². The van der Waals surface area contributed by atoms with Crippen molar-refractivity contribution in [3.63, 3.8) is 0 Å². The summed E-state index contributed by atoms with van der Waals surface area (Å²) in [6, 6.07) is 7.23. The normalized spacial score (nSPS) is 13.9. The van der Waals surface area contributed by atoms with Crippen molar-refractivity contribution in [3.8, 4) is 0 Å². The summed E-state index contributed by atoms with van der Waals surface area (Å²) in [7, 11) is 1.95. The van der Waals surface area contributed by atoms with Crippen molar-refractivity contribution in [2.24, 2.45) is 0 Å². The van der Waals surface area contributed by atoms with Gasteiger partial charge in [0.1, 0.15) is 0 Å². The second-order valence-corrected chi connectivity index (χ2v) is 5.68. The number of likely N-dealkylation sites (N-methyl/N-ethyl adjacent to an activating group) is 1. The maximum Gasteiger partial charge on any atom is 0.0802 e. The van der Waals surface area contributed by atoms with Crippen LogP contribution in [0, 0.1) is 0 Å². The summed E-state index contributed by atoms with van der Waals surface area (Å²) >= 11 is 5.80. The van der Waals surface area contributed by atoms with Crippen molar-refractivity contribution in [2.45, 2.75) is 31.9 Å². The molecule has 18 heavy (non-hydrogen) atoms. The Kier molecular flexibility index (Phi) is 5.60. The van der Waals surface area contributed by atoms with Gasteiger partial charge in [-0.2, -0.15) is 0 Å². The van der Waals surface area contributed by atoms with Crippen LogP contribution in [0.2, 0.25) is 5.02 Å². The zero-order valence-corrected chi connectivity index (χ0v) is 12.0. The lowest BCUT2D eigenvalue weighted by Crippen LogP contribution is -2.44. The molecule has 1 atom stereocenters. The highest BCUT2D eigenvalue weighted by Crippen LogP contribution is 2.21. The van der Waals surface area contributed by atoms with Gasteiger partial charge in [0.25, 0.3) is 0 Å². The van der Waals surface area contributed by atoms with Gasteiger partial charge >= 0.3 is 0 Å². The molecule has 0 saturated heterocycles. The molecule has 1 rings (SSSR count). The molecule has 0 aliphatic rings. The fraction of sp³-hybridized carbons (Fsp3) is 0.571. The van der Waals surface area contributed by atoms with Crippen LogP contribution >= 0.6 is 11.6 Å². The molecule has 0 fully saturated rings. The first-order chi connectivity index (χ1) is 8.36. The molecule has 0 amide bonds. The van der Waals surface area contributed by atoms with E-state index in [1.54, 1.807) is 12.1 Å². The third kappa shape index (κ3) is 4.25. The lowest BCUT2D eigenvalue weighted by molar-refractivity contribution is 0.0619. The number of halogens is 1. The molecule has 2 N–H and O–H groups in total. The van der Waals surface area contributed by atoms with Crippen LogP contribution in [-0.2, 0) is 0 Å². The highest BCUT2D eigenvalue weighted by atomic mass is 35.5. The number of aliphatic hydroxyl groups is 2. The van der Waals surface area contributed by atoms with Gasteiger partial charge in [0.05, 0.1) is 12.7 Å². The second kappa shape index (κ2) is 6.53. The molecule has 0 aromatic heterocycles. The highest BCUT2D eigenvalue weighted by Gasteiger charge is 2.22. The van der Waals surface area contributed by atoms with Crippen molar-refractivity contribution in [1.29, 1.82) is 0 Å². The molecular weight excluding hydrogens is 250 g/mol. The second-order valence-electron chi connectivity index (χ2n) is 5.25. The van der Waals surface area contributed by atoms with Crippen molar-refractivity contribution in [3.05, 3.63) is 34.9 Å². The predicted octanol–water partition coefficient (Wildman–Crippen LogP) is 2.47. The minimum atomic E-state index is -0.501. The number of hydrogen-bond donors (Lipinski definition) is 2. The van der Waals surface area contributed by atoms with Gasteiger partial charge in [-0.3, -0.25) is 4.90 Å². The number of rotatable bonds is 6. The number of nitrogens with zero attached hydrogens (tertiary/aromatic N) is 1. The maximum atomic E-state index is 10.1. The van der Waals surface area contributed by atoms with Crippen LogP contribution in [0.1, 0.15) is 31.9 Å². The van der Waals surface area contributed by atoms with Crippen LogP contribution in [-0.4, -0.2) is 40.9 Å². The third-order valence-electron chi connectivity index (χ3n) is 3.41. The summed E-state index contributed by atoms with van der Waals surface area (Å²) in [5, 5.41) is 20.0. The molecule has 3 nitrogen and oxygen atoms in total. The minimum absolute atomic E-state index is 0.0978. The van der Waals surface area contributed by atoms with Crippen LogP contribution in [0.4, 0.5) is 0 Å². The Bertz CT molecular complexity index is 365. The van der Waals surface area contributed by atoms with Gasteiger partial charge in [-0.15, -0.1) is 0 Å². The lowest BCUT2D eigenvalue weighted by atomic mass is 10.0.